The summed E-state index contributed by atoms with van der Waals surface area (Å²) in [6, 6.07) is 16.8. The lowest BCUT2D eigenvalue weighted by Gasteiger charge is -2.17. The fourth-order valence-corrected chi connectivity index (χ4v) is 3.87. The molecule has 4 aromatic rings. The van der Waals surface area contributed by atoms with Crippen molar-refractivity contribution in [3.63, 3.8) is 0 Å². The van der Waals surface area contributed by atoms with Crippen LogP contribution >= 0.6 is 12.2 Å². The summed E-state index contributed by atoms with van der Waals surface area (Å²) in [6.07, 6.45) is 0. The number of fused-ring (bicyclic) bond motifs is 3. The fourth-order valence-electron chi connectivity index (χ4n) is 3.66. The molecule has 0 aliphatic rings. The van der Waals surface area contributed by atoms with E-state index in [1.807, 2.05) is 63.2 Å². The topological polar surface area (TPSA) is 82.0 Å². The number of amides is 1. The number of nitrogens with one attached hydrogen (secondary N) is 2. The van der Waals surface area contributed by atoms with Crippen LogP contribution in [0.5, 0.6) is 17.2 Å². The molecule has 0 saturated carbocycles. The van der Waals surface area contributed by atoms with Crippen LogP contribution in [0.1, 0.15) is 31.1 Å². The van der Waals surface area contributed by atoms with Gasteiger partial charge in [-0.25, -0.2) is 0 Å². The second-order valence-electron chi connectivity index (χ2n) is 7.32. The molecule has 0 aliphatic carbocycles. The van der Waals surface area contributed by atoms with E-state index >= 15 is 0 Å². The van der Waals surface area contributed by atoms with Crippen LogP contribution in [0, 0.1) is 0 Å². The quantitative estimate of drug-likeness (QED) is 0.305. The molecule has 0 bridgehead atoms. The van der Waals surface area contributed by atoms with Crippen LogP contribution in [0.4, 0.5) is 5.69 Å². The fraction of sp³-hybridized carbons (Fsp3) is 0.231. The molecule has 0 unspecified atom stereocenters. The van der Waals surface area contributed by atoms with Crippen molar-refractivity contribution in [1.29, 1.82) is 0 Å². The van der Waals surface area contributed by atoms with E-state index in [0.29, 0.717) is 48.3 Å². The number of carbonyl (C=O) groups excluding carboxylic acids is 1. The predicted molar refractivity (Wildman–Crippen MR) is 137 cm³/mol. The Hall–Kier alpha value is -3.78. The Morgan fingerprint density at radius 3 is 2.18 bits per heavy atom. The molecule has 1 aromatic heterocycles. The third-order valence-electron chi connectivity index (χ3n) is 5.04. The minimum absolute atomic E-state index is 0.158. The normalized spacial score (nSPS) is 10.8. The van der Waals surface area contributed by atoms with E-state index in [2.05, 4.69) is 10.6 Å². The number of furan rings is 1. The first-order chi connectivity index (χ1) is 16.5. The number of carbonyl (C=O) groups is 1. The van der Waals surface area contributed by atoms with Gasteiger partial charge in [-0.1, -0.05) is 18.2 Å². The Morgan fingerprint density at radius 2 is 1.50 bits per heavy atom. The third kappa shape index (κ3) is 4.92. The summed E-state index contributed by atoms with van der Waals surface area (Å²) in [5.74, 6) is 0.958. The van der Waals surface area contributed by atoms with Gasteiger partial charge in [-0.05, 0) is 63.3 Å². The molecule has 0 atom stereocenters. The SMILES string of the molecule is CCOc1cc(C(=O)NC(=S)Nc2ccc3c(c2)oc2ccccc23)cc(OCC)c1OCC. The Bertz CT molecular complexity index is 1320. The molecule has 0 aliphatic heterocycles. The van der Waals surface area contributed by atoms with Gasteiger partial charge in [0.2, 0.25) is 5.75 Å². The smallest absolute Gasteiger partial charge is 0.257 e. The summed E-state index contributed by atoms with van der Waals surface area (Å²) >= 11 is 5.37. The molecule has 3 aromatic carbocycles. The van der Waals surface area contributed by atoms with Crippen molar-refractivity contribution in [2.45, 2.75) is 20.8 Å². The summed E-state index contributed by atoms with van der Waals surface area (Å²) in [4.78, 5) is 12.9. The van der Waals surface area contributed by atoms with Gasteiger partial charge >= 0.3 is 0 Å². The van der Waals surface area contributed by atoms with Crippen LogP contribution in [0.3, 0.4) is 0 Å². The molecule has 1 amide bonds. The van der Waals surface area contributed by atoms with Gasteiger partial charge in [0.1, 0.15) is 11.2 Å². The number of thiocarbonyl (C=S) groups is 1. The average Bonchev–Trinajstić information content (AvgIpc) is 3.19. The van der Waals surface area contributed by atoms with Gasteiger partial charge in [0.15, 0.2) is 16.6 Å². The van der Waals surface area contributed by atoms with E-state index in [-0.39, 0.29) is 5.11 Å². The predicted octanol–water partition coefficient (Wildman–Crippen LogP) is 5.91. The zero-order chi connectivity index (χ0) is 24.1. The largest absolute Gasteiger partial charge is 0.490 e. The number of anilines is 1. The molecule has 176 valence electrons. The molecule has 0 spiro atoms. The van der Waals surface area contributed by atoms with Crippen molar-refractivity contribution in [2.24, 2.45) is 0 Å². The highest BCUT2D eigenvalue weighted by Crippen LogP contribution is 2.39. The summed E-state index contributed by atoms with van der Waals surface area (Å²) in [5, 5.41) is 7.97. The Labute approximate surface area is 203 Å². The zero-order valence-corrected chi connectivity index (χ0v) is 20.1. The third-order valence-corrected chi connectivity index (χ3v) is 5.24. The van der Waals surface area contributed by atoms with E-state index in [1.165, 1.54) is 0 Å². The highest BCUT2D eigenvalue weighted by Gasteiger charge is 2.19. The monoisotopic (exact) mass is 478 g/mol. The van der Waals surface area contributed by atoms with Crippen molar-refractivity contribution in [3.05, 3.63) is 60.2 Å². The number of benzene rings is 3. The minimum atomic E-state index is -0.396. The number of hydrogen-bond donors (Lipinski definition) is 2. The average molecular weight is 479 g/mol. The van der Waals surface area contributed by atoms with Gasteiger partial charge in [0, 0.05) is 28.1 Å². The zero-order valence-electron chi connectivity index (χ0n) is 19.3. The number of ether oxygens (including phenoxy) is 3. The van der Waals surface area contributed by atoms with Crippen LogP contribution in [0.25, 0.3) is 21.9 Å². The second-order valence-corrected chi connectivity index (χ2v) is 7.73. The summed E-state index contributed by atoms with van der Waals surface area (Å²) in [7, 11) is 0. The van der Waals surface area contributed by atoms with Gasteiger partial charge in [-0.3, -0.25) is 10.1 Å². The molecule has 2 N–H and O–H groups in total. The van der Waals surface area contributed by atoms with E-state index < -0.39 is 5.91 Å². The van der Waals surface area contributed by atoms with Gasteiger partial charge in [-0.2, -0.15) is 0 Å². The number of para-hydroxylation sites is 1. The minimum Gasteiger partial charge on any atom is -0.490 e. The van der Waals surface area contributed by atoms with Crippen LogP contribution in [-0.4, -0.2) is 30.8 Å². The standard InChI is InChI=1S/C26H26N2O5S/c1-4-30-22-13-16(14-23(31-5-2)24(22)32-6-3)25(29)28-26(34)27-17-11-12-19-18-9-7-8-10-20(18)33-21(19)15-17/h7-15H,4-6H2,1-3H3,(H2,27,28,29,34). The van der Waals surface area contributed by atoms with Crippen molar-refractivity contribution in [3.8, 4) is 17.2 Å². The molecule has 4 rings (SSSR count). The van der Waals surface area contributed by atoms with Gasteiger partial charge < -0.3 is 23.9 Å². The maximum absolute atomic E-state index is 12.9. The van der Waals surface area contributed by atoms with Crippen molar-refractivity contribution < 1.29 is 23.4 Å². The van der Waals surface area contributed by atoms with Crippen molar-refractivity contribution in [2.75, 3.05) is 25.1 Å². The highest BCUT2D eigenvalue weighted by atomic mass is 32.1. The first-order valence-corrected chi connectivity index (χ1v) is 11.5. The molecule has 0 fully saturated rings. The maximum Gasteiger partial charge on any atom is 0.257 e. The summed E-state index contributed by atoms with van der Waals surface area (Å²) < 4.78 is 23.0. The highest BCUT2D eigenvalue weighted by molar-refractivity contribution is 7.80. The lowest BCUT2D eigenvalue weighted by atomic mass is 10.1. The Balaban J connectivity index is 1.52. The number of rotatable bonds is 8. The molecule has 0 saturated heterocycles. The van der Waals surface area contributed by atoms with Gasteiger partial charge in [0.25, 0.3) is 5.91 Å². The van der Waals surface area contributed by atoms with E-state index in [9.17, 15) is 4.79 Å². The summed E-state index contributed by atoms with van der Waals surface area (Å²) in [5.41, 5.74) is 2.59. The first-order valence-electron chi connectivity index (χ1n) is 11.1. The lowest BCUT2D eigenvalue weighted by Crippen LogP contribution is -2.34. The van der Waals surface area contributed by atoms with Crippen molar-refractivity contribution >= 4 is 50.9 Å². The Morgan fingerprint density at radius 1 is 0.853 bits per heavy atom. The van der Waals surface area contributed by atoms with Crippen molar-refractivity contribution in [1.82, 2.24) is 5.32 Å². The van der Waals surface area contributed by atoms with Crippen LogP contribution in [-0.2, 0) is 0 Å². The van der Waals surface area contributed by atoms with E-state index in [0.717, 1.165) is 21.9 Å². The van der Waals surface area contributed by atoms with Gasteiger partial charge in [-0.15, -0.1) is 0 Å². The van der Waals surface area contributed by atoms with Crippen LogP contribution in [0.2, 0.25) is 0 Å². The molecular weight excluding hydrogens is 452 g/mol. The molecule has 1 heterocycles. The first kappa shape index (κ1) is 23.4. The molecule has 8 heteroatoms. The summed E-state index contributed by atoms with van der Waals surface area (Å²) in [6.45, 7) is 6.87. The Kier molecular flexibility index (Phi) is 7.18. The van der Waals surface area contributed by atoms with E-state index in [4.69, 9.17) is 30.8 Å². The molecular formula is C26H26N2O5S. The molecule has 34 heavy (non-hydrogen) atoms. The maximum atomic E-state index is 12.9. The lowest BCUT2D eigenvalue weighted by molar-refractivity contribution is 0.0976. The molecule has 7 nitrogen and oxygen atoms in total. The number of hydrogen-bond acceptors (Lipinski definition) is 6. The van der Waals surface area contributed by atoms with Crippen LogP contribution in [0.15, 0.2) is 59.0 Å². The van der Waals surface area contributed by atoms with E-state index in [1.54, 1.807) is 12.1 Å². The second kappa shape index (κ2) is 10.4. The molecule has 0 radical (unpaired) electrons. The van der Waals surface area contributed by atoms with Crippen LogP contribution < -0.4 is 24.8 Å². The van der Waals surface area contributed by atoms with Gasteiger partial charge in [0.05, 0.1) is 19.8 Å².